The first-order valence-corrected chi connectivity index (χ1v) is 7.19. The number of ketones is 1. The van der Waals surface area contributed by atoms with Crippen molar-refractivity contribution >= 4 is 17.5 Å². The van der Waals surface area contributed by atoms with Crippen LogP contribution in [0.4, 0.5) is 4.39 Å². The summed E-state index contributed by atoms with van der Waals surface area (Å²) < 4.78 is 13.2. The summed E-state index contributed by atoms with van der Waals surface area (Å²) in [4.78, 5) is 12.0. The lowest BCUT2D eigenvalue weighted by molar-refractivity contribution is 0.0958. The SMILES string of the molecule is Cc1cc(F)cc(C(=O)CC2CCSCC2)c1. The van der Waals surface area contributed by atoms with Crippen molar-refractivity contribution in [3.63, 3.8) is 0 Å². The Morgan fingerprint density at radius 1 is 1.35 bits per heavy atom. The fourth-order valence-corrected chi connectivity index (χ4v) is 3.43. The Morgan fingerprint density at radius 3 is 2.71 bits per heavy atom. The molecular formula is C14H17FOS. The van der Waals surface area contributed by atoms with Gasteiger partial charge in [-0.25, -0.2) is 4.39 Å². The monoisotopic (exact) mass is 252 g/mol. The highest BCUT2D eigenvalue weighted by Crippen LogP contribution is 2.26. The quantitative estimate of drug-likeness (QED) is 0.760. The first-order valence-electron chi connectivity index (χ1n) is 6.03. The molecule has 3 heteroatoms. The Morgan fingerprint density at radius 2 is 2.06 bits per heavy atom. The number of aryl methyl sites for hydroxylation is 1. The lowest BCUT2D eigenvalue weighted by Crippen LogP contribution is -2.14. The number of Topliss-reactive ketones (excluding diaryl/α,β-unsaturated/α-hetero) is 1. The predicted octanol–water partition coefficient (Wildman–Crippen LogP) is 3.85. The van der Waals surface area contributed by atoms with Gasteiger partial charge in [0.05, 0.1) is 0 Å². The average Bonchev–Trinajstić information content (AvgIpc) is 2.29. The van der Waals surface area contributed by atoms with Gasteiger partial charge < -0.3 is 0 Å². The maximum Gasteiger partial charge on any atom is 0.163 e. The van der Waals surface area contributed by atoms with E-state index in [0.717, 1.165) is 29.9 Å². The van der Waals surface area contributed by atoms with Crippen LogP contribution in [0.15, 0.2) is 18.2 Å². The predicted molar refractivity (Wildman–Crippen MR) is 70.1 cm³/mol. The van der Waals surface area contributed by atoms with Crippen molar-refractivity contribution in [1.29, 1.82) is 0 Å². The summed E-state index contributed by atoms with van der Waals surface area (Å²) in [5.74, 6) is 2.57. The van der Waals surface area contributed by atoms with Crippen LogP contribution in [0.5, 0.6) is 0 Å². The summed E-state index contributed by atoms with van der Waals surface area (Å²) in [6.07, 6.45) is 2.80. The van der Waals surface area contributed by atoms with Crippen LogP contribution in [0, 0.1) is 18.7 Å². The number of carbonyl (C=O) groups excluding carboxylic acids is 1. The van der Waals surface area contributed by atoms with E-state index in [0.29, 0.717) is 17.9 Å². The smallest absolute Gasteiger partial charge is 0.163 e. The molecule has 0 spiro atoms. The Labute approximate surface area is 106 Å². The highest BCUT2D eigenvalue weighted by molar-refractivity contribution is 7.99. The fourth-order valence-electron chi connectivity index (χ4n) is 2.23. The number of carbonyl (C=O) groups is 1. The summed E-state index contributed by atoms with van der Waals surface area (Å²) in [6.45, 7) is 1.82. The molecule has 0 atom stereocenters. The van der Waals surface area contributed by atoms with E-state index in [1.807, 2.05) is 18.7 Å². The Hall–Kier alpha value is -0.830. The second-order valence-electron chi connectivity index (χ2n) is 4.70. The van der Waals surface area contributed by atoms with Gasteiger partial charge in [0, 0.05) is 12.0 Å². The van der Waals surface area contributed by atoms with E-state index in [-0.39, 0.29) is 11.6 Å². The molecule has 0 N–H and O–H groups in total. The molecule has 1 nitrogen and oxygen atoms in total. The van der Waals surface area contributed by atoms with Crippen molar-refractivity contribution in [3.05, 3.63) is 35.1 Å². The molecule has 17 heavy (non-hydrogen) atoms. The van der Waals surface area contributed by atoms with Gasteiger partial charge in [-0.3, -0.25) is 4.79 Å². The third kappa shape index (κ3) is 3.56. The van der Waals surface area contributed by atoms with Gasteiger partial charge in [-0.1, -0.05) is 0 Å². The fraction of sp³-hybridized carbons (Fsp3) is 0.500. The number of halogens is 1. The van der Waals surface area contributed by atoms with Gasteiger partial charge in [0.1, 0.15) is 5.82 Å². The third-order valence-electron chi connectivity index (χ3n) is 3.18. The van der Waals surface area contributed by atoms with E-state index in [2.05, 4.69) is 0 Å². The van der Waals surface area contributed by atoms with Crippen LogP contribution in [0.25, 0.3) is 0 Å². The average molecular weight is 252 g/mol. The zero-order valence-corrected chi connectivity index (χ0v) is 10.9. The van der Waals surface area contributed by atoms with Crippen LogP contribution in [-0.4, -0.2) is 17.3 Å². The second kappa shape index (κ2) is 5.67. The van der Waals surface area contributed by atoms with Gasteiger partial charge in [-0.05, 0) is 61.0 Å². The van der Waals surface area contributed by atoms with Crippen molar-refractivity contribution < 1.29 is 9.18 Å². The summed E-state index contributed by atoms with van der Waals surface area (Å²) in [5.41, 5.74) is 1.34. The summed E-state index contributed by atoms with van der Waals surface area (Å²) in [5, 5.41) is 0. The normalized spacial score (nSPS) is 17.1. The molecule has 2 rings (SSSR count). The minimum Gasteiger partial charge on any atom is -0.294 e. The van der Waals surface area contributed by atoms with Crippen LogP contribution < -0.4 is 0 Å². The molecular weight excluding hydrogens is 235 g/mol. The standard InChI is InChI=1S/C14H17FOS/c1-10-6-12(9-13(15)7-10)14(16)8-11-2-4-17-5-3-11/h6-7,9,11H,2-5,8H2,1H3. The largest absolute Gasteiger partial charge is 0.294 e. The van der Waals surface area contributed by atoms with Crippen LogP contribution in [-0.2, 0) is 0 Å². The summed E-state index contributed by atoms with van der Waals surface area (Å²) in [7, 11) is 0. The molecule has 0 saturated carbocycles. The zero-order valence-electron chi connectivity index (χ0n) is 10.0. The molecule has 0 amide bonds. The number of hydrogen-bond donors (Lipinski definition) is 0. The molecule has 1 aliphatic heterocycles. The van der Waals surface area contributed by atoms with E-state index in [4.69, 9.17) is 0 Å². The highest BCUT2D eigenvalue weighted by Gasteiger charge is 2.18. The van der Waals surface area contributed by atoms with Gasteiger partial charge in [-0.15, -0.1) is 0 Å². The van der Waals surface area contributed by atoms with Crippen LogP contribution in [0.2, 0.25) is 0 Å². The molecule has 1 fully saturated rings. The van der Waals surface area contributed by atoms with Crippen molar-refractivity contribution in [2.45, 2.75) is 26.2 Å². The Bertz CT molecular complexity index is 390. The van der Waals surface area contributed by atoms with Gasteiger partial charge in [0.2, 0.25) is 0 Å². The number of rotatable bonds is 3. The maximum absolute atomic E-state index is 13.2. The van der Waals surface area contributed by atoms with Gasteiger partial charge in [-0.2, -0.15) is 11.8 Å². The molecule has 0 aromatic heterocycles. The van der Waals surface area contributed by atoms with Crippen molar-refractivity contribution in [1.82, 2.24) is 0 Å². The minimum absolute atomic E-state index is 0.0875. The van der Waals surface area contributed by atoms with Crippen molar-refractivity contribution in [3.8, 4) is 0 Å². The molecule has 0 aliphatic carbocycles. The first-order chi connectivity index (χ1) is 8.15. The molecule has 0 unspecified atom stereocenters. The third-order valence-corrected chi connectivity index (χ3v) is 4.23. The summed E-state index contributed by atoms with van der Waals surface area (Å²) in [6, 6.07) is 4.59. The van der Waals surface area contributed by atoms with Crippen molar-refractivity contribution in [2.24, 2.45) is 5.92 Å². The number of thioether (sulfide) groups is 1. The highest BCUT2D eigenvalue weighted by atomic mass is 32.2. The molecule has 1 heterocycles. The summed E-state index contributed by atoms with van der Waals surface area (Å²) >= 11 is 1.96. The van der Waals surface area contributed by atoms with Crippen LogP contribution >= 0.6 is 11.8 Å². The number of hydrogen-bond acceptors (Lipinski definition) is 2. The van der Waals surface area contributed by atoms with Crippen LogP contribution in [0.1, 0.15) is 35.2 Å². The molecule has 0 radical (unpaired) electrons. The molecule has 1 aromatic rings. The van der Waals surface area contributed by atoms with E-state index in [1.54, 1.807) is 6.07 Å². The topological polar surface area (TPSA) is 17.1 Å². The minimum atomic E-state index is -0.312. The van der Waals surface area contributed by atoms with E-state index in [1.165, 1.54) is 12.1 Å². The van der Waals surface area contributed by atoms with Crippen LogP contribution in [0.3, 0.4) is 0 Å². The van der Waals surface area contributed by atoms with Gasteiger partial charge in [0.25, 0.3) is 0 Å². The molecule has 0 bridgehead atoms. The van der Waals surface area contributed by atoms with Gasteiger partial charge >= 0.3 is 0 Å². The van der Waals surface area contributed by atoms with Gasteiger partial charge in [0.15, 0.2) is 5.78 Å². The van der Waals surface area contributed by atoms with E-state index in [9.17, 15) is 9.18 Å². The Balaban J connectivity index is 2.03. The molecule has 1 saturated heterocycles. The zero-order chi connectivity index (χ0) is 12.3. The van der Waals surface area contributed by atoms with Crippen molar-refractivity contribution in [2.75, 3.05) is 11.5 Å². The first kappa shape index (κ1) is 12.6. The Kier molecular flexibility index (Phi) is 4.21. The lowest BCUT2D eigenvalue weighted by Gasteiger charge is -2.20. The lowest BCUT2D eigenvalue weighted by atomic mass is 9.93. The number of benzene rings is 1. The molecule has 92 valence electrons. The second-order valence-corrected chi connectivity index (χ2v) is 5.93. The maximum atomic E-state index is 13.2. The van der Waals surface area contributed by atoms with E-state index >= 15 is 0 Å². The molecule has 1 aliphatic rings. The molecule has 1 aromatic carbocycles. The van der Waals surface area contributed by atoms with E-state index < -0.39 is 0 Å².